The third kappa shape index (κ3) is 3.27. The van der Waals surface area contributed by atoms with Gasteiger partial charge in [-0.3, -0.25) is 4.79 Å². The van der Waals surface area contributed by atoms with Gasteiger partial charge in [0.25, 0.3) is 0 Å². The summed E-state index contributed by atoms with van der Waals surface area (Å²) in [7, 11) is 0. The van der Waals surface area contributed by atoms with Gasteiger partial charge in [0, 0.05) is 31.1 Å². The molecule has 1 aromatic heterocycles. The summed E-state index contributed by atoms with van der Waals surface area (Å²) in [4.78, 5) is 19.6. The molecule has 1 aliphatic rings. The number of para-hydroxylation sites is 2. The van der Waals surface area contributed by atoms with E-state index >= 15 is 0 Å². The molecule has 2 heterocycles. The molecule has 0 N–H and O–H groups in total. The molecule has 1 aliphatic heterocycles. The van der Waals surface area contributed by atoms with E-state index in [0.29, 0.717) is 13.0 Å². The Labute approximate surface area is 160 Å². The van der Waals surface area contributed by atoms with E-state index in [1.54, 1.807) is 0 Å². The van der Waals surface area contributed by atoms with E-state index in [1.807, 2.05) is 30.0 Å². The van der Waals surface area contributed by atoms with E-state index in [1.165, 1.54) is 11.1 Å². The van der Waals surface area contributed by atoms with Crippen molar-refractivity contribution in [2.75, 3.05) is 11.4 Å². The highest BCUT2D eigenvalue weighted by Crippen LogP contribution is 2.34. The van der Waals surface area contributed by atoms with Crippen LogP contribution < -0.4 is 4.90 Å². The molecule has 3 aromatic rings. The predicted molar refractivity (Wildman–Crippen MR) is 110 cm³/mol. The summed E-state index contributed by atoms with van der Waals surface area (Å²) in [5, 5.41) is 0. The number of amides is 1. The van der Waals surface area contributed by atoms with E-state index in [9.17, 15) is 4.79 Å². The van der Waals surface area contributed by atoms with Gasteiger partial charge in [0.1, 0.15) is 5.82 Å². The number of hydrogen-bond acceptors (Lipinski definition) is 2. The molecule has 138 valence electrons. The first-order valence-corrected chi connectivity index (χ1v) is 9.40. The van der Waals surface area contributed by atoms with E-state index in [4.69, 9.17) is 4.98 Å². The van der Waals surface area contributed by atoms with E-state index in [-0.39, 0.29) is 11.8 Å². The molecule has 0 bridgehead atoms. The number of anilines is 1. The van der Waals surface area contributed by atoms with Crippen molar-refractivity contribution in [3.63, 3.8) is 0 Å². The maximum absolute atomic E-state index is 12.8. The zero-order chi connectivity index (χ0) is 19.1. The van der Waals surface area contributed by atoms with Crippen LogP contribution in [0.4, 0.5) is 5.69 Å². The summed E-state index contributed by atoms with van der Waals surface area (Å²) in [5.41, 5.74) is 6.50. The van der Waals surface area contributed by atoms with Crippen LogP contribution in [0.2, 0.25) is 0 Å². The average molecular weight is 359 g/mol. The molecule has 1 amide bonds. The highest BCUT2D eigenvalue weighted by molar-refractivity contribution is 5.96. The van der Waals surface area contributed by atoms with Crippen molar-refractivity contribution in [1.29, 1.82) is 0 Å². The number of imidazole rings is 1. The molecule has 0 aliphatic carbocycles. The monoisotopic (exact) mass is 359 g/mol. The molecular formula is C23H25N3O. The van der Waals surface area contributed by atoms with Crippen molar-refractivity contribution >= 4 is 22.6 Å². The molecule has 0 spiro atoms. The van der Waals surface area contributed by atoms with Crippen LogP contribution in [0.5, 0.6) is 0 Å². The van der Waals surface area contributed by atoms with Crippen molar-refractivity contribution < 1.29 is 4.79 Å². The largest absolute Gasteiger partial charge is 0.324 e. The minimum absolute atomic E-state index is 0.0880. The van der Waals surface area contributed by atoms with Gasteiger partial charge < -0.3 is 9.47 Å². The Morgan fingerprint density at radius 2 is 1.89 bits per heavy atom. The van der Waals surface area contributed by atoms with Crippen LogP contribution in [0.3, 0.4) is 0 Å². The van der Waals surface area contributed by atoms with Crippen molar-refractivity contribution in [2.24, 2.45) is 0 Å². The molecule has 0 radical (unpaired) electrons. The topological polar surface area (TPSA) is 38.1 Å². The molecule has 27 heavy (non-hydrogen) atoms. The lowest BCUT2D eigenvalue weighted by atomic mass is 10.1. The number of allylic oxidation sites excluding steroid dienone is 1. The third-order valence-corrected chi connectivity index (χ3v) is 5.12. The van der Waals surface area contributed by atoms with Gasteiger partial charge in [0.15, 0.2) is 0 Å². The molecule has 4 rings (SSSR count). The van der Waals surface area contributed by atoms with E-state index in [2.05, 4.69) is 49.3 Å². The fraction of sp³-hybridized carbons (Fsp3) is 0.304. The zero-order valence-corrected chi connectivity index (χ0v) is 16.2. The number of benzene rings is 2. The number of rotatable bonds is 4. The highest BCUT2D eigenvalue weighted by atomic mass is 16.2. The van der Waals surface area contributed by atoms with Crippen LogP contribution in [0, 0.1) is 13.8 Å². The lowest BCUT2D eigenvalue weighted by molar-refractivity contribution is -0.117. The fourth-order valence-electron chi connectivity index (χ4n) is 4.08. The lowest BCUT2D eigenvalue weighted by Crippen LogP contribution is -2.24. The number of hydrogen-bond donors (Lipinski definition) is 0. The molecule has 2 aromatic carbocycles. The number of aromatic nitrogens is 2. The van der Waals surface area contributed by atoms with Crippen LogP contribution in [-0.4, -0.2) is 22.0 Å². The van der Waals surface area contributed by atoms with Gasteiger partial charge in [-0.15, -0.1) is 0 Å². The van der Waals surface area contributed by atoms with E-state index < -0.39 is 0 Å². The lowest BCUT2D eigenvalue weighted by Gasteiger charge is -2.18. The number of fused-ring (bicyclic) bond motifs is 1. The molecule has 1 atom stereocenters. The average Bonchev–Trinajstić information content (AvgIpc) is 3.15. The first-order valence-electron chi connectivity index (χ1n) is 9.40. The number of carbonyl (C=O) groups is 1. The maximum Gasteiger partial charge on any atom is 0.227 e. The summed E-state index contributed by atoms with van der Waals surface area (Å²) < 4.78 is 2.22. The van der Waals surface area contributed by atoms with Gasteiger partial charge in [-0.2, -0.15) is 0 Å². The normalized spacial score (nSPS) is 17.1. The third-order valence-electron chi connectivity index (χ3n) is 5.12. The minimum Gasteiger partial charge on any atom is -0.324 e. The number of nitrogens with zero attached hydrogens (tertiary/aromatic N) is 3. The van der Waals surface area contributed by atoms with Crippen LogP contribution >= 0.6 is 0 Å². The standard InChI is InChI=1S/C23H25N3O/c1-15(2)13-26-21-8-6-5-7-20(21)24-23(26)18-12-22(27)25(14-18)19-10-16(3)9-17(4)11-19/h5-11,18H,1,12-14H2,2-4H3/t18-/m0/s1. The van der Waals surface area contributed by atoms with Crippen LogP contribution in [-0.2, 0) is 11.3 Å². The summed E-state index contributed by atoms with van der Waals surface area (Å²) in [6, 6.07) is 14.5. The molecule has 4 nitrogen and oxygen atoms in total. The Hall–Kier alpha value is -2.88. The summed E-state index contributed by atoms with van der Waals surface area (Å²) in [5.74, 6) is 1.24. The van der Waals surface area contributed by atoms with Gasteiger partial charge >= 0.3 is 0 Å². The first-order chi connectivity index (χ1) is 12.9. The Morgan fingerprint density at radius 1 is 1.19 bits per heavy atom. The summed E-state index contributed by atoms with van der Waals surface area (Å²) in [6.45, 7) is 11.6. The Bertz CT molecular complexity index is 1030. The summed E-state index contributed by atoms with van der Waals surface area (Å²) in [6.07, 6.45) is 0.493. The molecule has 1 fully saturated rings. The SMILES string of the molecule is C=C(C)Cn1c([C@H]2CC(=O)N(c3cc(C)cc(C)c3)C2)nc2ccccc21. The van der Waals surface area contributed by atoms with Gasteiger partial charge in [0.2, 0.25) is 5.91 Å². The fourth-order valence-corrected chi connectivity index (χ4v) is 4.08. The van der Waals surface area contributed by atoms with Crippen molar-refractivity contribution in [3.05, 3.63) is 71.6 Å². The quantitative estimate of drug-likeness (QED) is 0.631. The van der Waals surface area contributed by atoms with Crippen molar-refractivity contribution in [2.45, 2.75) is 39.7 Å². The molecular weight excluding hydrogens is 334 g/mol. The predicted octanol–water partition coefficient (Wildman–Crippen LogP) is 4.75. The van der Waals surface area contributed by atoms with Crippen LogP contribution in [0.15, 0.2) is 54.6 Å². The van der Waals surface area contributed by atoms with E-state index in [0.717, 1.165) is 34.7 Å². The van der Waals surface area contributed by atoms with Gasteiger partial charge in [-0.25, -0.2) is 4.98 Å². The second kappa shape index (κ2) is 6.69. The number of aryl methyl sites for hydroxylation is 2. The van der Waals surface area contributed by atoms with Gasteiger partial charge in [-0.1, -0.05) is 30.4 Å². The smallest absolute Gasteiger partial charge is 0.227 e. The molecule has 1 saturated heterocycles. The van der Waals surface area contributed by atoms with Gasteiger partial charge in [-0.05, 0) is 56.2 Å². The molecule has 0 saturated carbocycles. The maximum atomic E-state index is 12.8. The number of carbonyl (C=O) groups excluding carboxylic acids is 1. The Balaban J connectivity index is 1.72. The first kappa shape index (κ1) is 17.5. The zero-order valence-electron chi connectivity index (χ0n) is 16.2. The molecule has 0 unspecified atom stereocenters. The minimum atomic E-state index is 0.0880. The summed E-state index contributed by atoms with van der Waals surface area (Å²) >= 11 is 0. The van der Waals surface area contributed by atoms with Gasteiger partial charge in [0.05, 0.1) is 11.0 Å². The Kier molecular flexibility index (Phi) is 4.34. The molecule has 4 heteroatoms. The Morgan fingerprint density at radius 3 is 2.59 bits per heavy atom. The van der Waals surface area contributed by atoms with Crippen molar-refractivity contribution in [1.82, 2.24) is 9.55 Å². The second-order valence-electron chi connectivity index (χ2n) is 7.75. The van der Waals surface area contributed by atoms with Crippen molar-refractivity contribution in [3.8, 4) is 0 Å². The highest BCUT2D eigenvalue weighted by Gasteiger charge is 2.34. The van der Waals surface area contributed by atoms with Crippen LogP contribution in [0.25, 0.3) is 11.0 Å². The second-order valence-corrected chi connectivity index (χ2v) is 7.75. The van der Waals surface area contributed by atoms with Crippen LogP contribution in [0.1, 0.15) is 36.2 Å².